The van der Waals surface area contributed by atoms with Gasteiger partial charge in [-0.3, -0.25) is 4.79 Å². The number of amides is 1. The normalized spacial score (nSPS) is 26.8. The highest BCUT2D eigenvalue weighted by atomic mass is 79.9. The molecule has 2 fully saturated rings. The number of rotatable bonds is 2. The molecule has 2 heterocycles. The van der Waals surface area contributed by atoms with Crippen LogP contribution in [0.25, 0.3) is 0 Å². The van der Waals surface area contributed by atoms with E-state index < -0.39 is 0 Å². The monoisotopic (exact) mass is 387 g/mol. The summed E-state index contributed by atoms with van der Waals surface area (Å²) >= 11 is 15.5. The van der Waals surface area contributed by atoms with Crippen molar-refractivity contribution in [2.45, 2.75) is 37.4 Å². The average Bonchev–Trinajstić information content (AvgIpc) is 2.93. The fourth-order valence-corrected chi connectivity index (χ4v) is 4.68. The number of nitrogens with zero attached hydrogens (tertiary/aromatic N) is 2. The predicted molar refractivity (Wildman–Crippen MR) is 84.3 cm³/mol. The topological polar surface area (TPSA) is 56.1 Å². The quantitative estimate of drug-likeness (QED) is 0.788. The molecule has 1 N–H and O–H groups in total. The van der Waals surface area contributed by atoms with Crippen LogP contribution in [-0.2, 0) is 0 Å². The van der Waals surface area contributed by atoms with E-state index in [4.69, 9.17) is 28.5 Å². The summed E-state index contributed by atoms with van der Waals surface area (Å²) in [5, 5.41) is 12.8. The number of carbonyl (C=O) groups excluding carboxylic acids is 1. The summed E-state index contributed by atoms with van der Waals surface area (Å²) in [6.45, 7) is 0. The zero-order chi connectivity index (χ0) is 15.1. The zero-order valence-electron chi connectivity index (χ0n) is 10.9. The molecule has 0 aromatic heterocycles. The molecule has 3 atom stereocenters. The van der Waals surface area contributed by atoms with E-state index in [-0.39, 0.29) is 29.6 Å². The van der Waals surface area contributed by atoms with E-state index in [2.05, 4.69) is 27.4 Å². The lowest BCUT2D eigenvalue weighted by atomic mass is 9.95. The summed E-state index contributed by atoms with van der Waals surface area (Å²) in [4.78, 5) is 14.2. The number of benzene rings is 1. The van der Waals surface area contributed by atoms with E-state index in [0.717, 1.165) is 23.7 Å². The summed E-state index contributed by atoms with van der Waals surface area (Å²) in [6, 6.07) is 3.61. The number of hydrogen-bond donors (Lipinski definition) is 1. The molecular formula is C14H12BrCl2N3O. The van der Waals surface area contributed by atoms with Crippen molar-refractivity contribution >= 4 is 45.0 Å². The molecule has 1 amide bonds. The SMILES string of the molecule is N#CN1[C@H]2CC[C@@H]1[C@H](NC(=O)c1c(Cl)cc(Br)cc1Cl)C2. The first-order valence-electron chi connectivity index (χ1n) is 6.64. The Labute approximate surface area is 141 Å². The van der Waals surface area contributed by atoms with E-state index in [1.54, 1.807) is 17.0 Å². The maximum absolute atomic E-state index is 12.4. The Balaban J connectivity index is 1.78. The Hall–Kier alpha value is -0.960. The van der Waals surface area contributed by atoms with Gasteiger partial charge < -0.3 is 10.2 Å². The predicted octanol–water partition coefficient (Wildman–Crippen LogP) is 3.57. The summed E-state index contributed by atoms with van der Waals surface area (Å²) in [6.07, 6.45) is 4.98. The van der Waals surface area contributed by atoms with E-state index in [0.29, 0.717) is 10.0 Å². The molecule has 4 nitrogen and oxygen atoms in total. The molecule has 0 spiro atoms. The van der Waals surface area contributed by atoms with Crippen molar-refractivity contribution in [3.63, 3.8) is 0 Å². The summed E-state index contributed by atoms with van der Waals surface area (Å²) in [7, 11) is 0. The van der Waals surface area contributed by atoms with Gasteiger partial charge in [-0.1, -0.05) is 39.1 Å². The van der Waals surface area contributed by atoms with Crippen LogP contribution in [-0.4, -0.2) is 28.9 Å². The van der Waals surface area contributed by atoms with Crippen molar-refractivity contribution in [1.29, 1.82) is 5.26 Å². The highest BCUT2D eigenvalue weighted by Gasteiger charge is 2.46. The largest absolute Gasteiger partial charge is 0.347 e. The van der Waals surface area contributed by atoms with Crippen LogP contribution in [0.1, 0.15) is 29.6 Å². The number of halogens is 3. The van der Waals surface area contributed by atoms with Crippen molar-refractivity contribution in [3.05, 3.63) is 32.2 Å². The second kappa shape index (κ2) is 5.68. The second-order valence-electron chi connectivity index (χ2n) is 5.37. The molecule has 0 saturated carbocycles. The van der Waals surface area contributed by atoms with Crippen molar-refractivity contribution in [3.8, 4) is 6.19 Å². The Kier molecular flexibility index (Phi) is 4.04. The molecule has 0 radical (unpaired) electrons. The standard InChI is InChI=1S/C14H12BrCl2N3O/c15-7-3-9(16)13(10(17)4-7)14(21)19-11-5-8-1-2-12(11)20(8)6-18/h3-4,8,11-12H,1-2,5H2,(H,19,21)/t8-,11+,12+/m0/s1. The Morgan fingerprint density at radius 2 is 2.05 bits per heavy atom. The third-order valence-corrected chi connectivity index (χ3v) is 5.26. The molecule has 2 bridgehead atoms. The van der Waals surface area contributed by atoms with Crippen LogP contribution in [0.3, 0.4) is 0 Å². The molecular weight excluding hydrogens is 377 g/mol. The molecule has 2 saturated heterocycles. The molecule has 1 aromatic rings. The maximum atomic E-state index is 12.4. The van der Waals surface area contributed by atoms with Gasteiger partial charge in [0.05, 0.1) is 27.7 Å². The number of nitriles is 1. The summed E-state index contributed by atoms with van der Waals surface area (Å²) < 4.78 is 0.727. The second-order valence-corrected chi connectivity index (χ2v) is 7.10. The number of hydrogen-bond acceptors (Lipinski definition) is 3. The zero-order valence-corrected chi connectivity index (χ0v) is 14.0. The van der Waals surface area contributed by atoms with Crippen molar-refractivity contribution in [2.24, 2.45) is 0 Å². The Morgan fingerprint density at radius 3 is 2.62 bits per heavy atom. The lowest BCUT2D eigenvalue weighted by Crippen LogP contribution is -2.43. The highest BCUT2D eigenvalue weighted by Crippen LogP contribution is 2.37. The molecule has 21 heavy (non-hydrogen) atoms. The lowest BCUT2D eigenvalue weighted by Gasteiger charge is -2.22. The molecule has 2 aliphatic rings. The van der Waals surface area contributed by atoms with Gasteiger partial charge in [-0.25, -0.2) is 0 Å². The minimum Gasteiger partial charge on any atom is -0.347 e. The number of nitrogens with one attached hydrogen (secondary N) is 1. The Bertz CT molecular complexity index is 623. The van der Waals surface area contributed by atoms with Crippen molar-refractivity contribution < 1.29 is 4.79 Å². The number of carbonyl (C=O) groups is 1. The molecule has 0 aliphatic carbocycles. The molecule has 3 rings (SSSR count). The van der Waals surface area contributed by atoms with Crippen molar-refractivity contribution in [2.75, 3.05) is 0 Å². The molecule has 2 aliphatic heterocycles. The summed E-state index contributed by atoms with van der Waals surface area (Å²) in [5.41, 5.74) is 0.285. The van der Waals surface area contributed by atoms with Gasteiger partial charge in [0.15, 0.2) is 6.19 Å². The van der Waals surface area contributed by atoms with Gasteiger partial charge in [-0.15, -0.1) is 0 Å². The van der Waals surface area contributed by atoms with E-state index in [1.165, 1.54) is 0 Å². The van der Waals surface area contributed by atoms with Gasteiger partial charge >= 0.3 is 0 Å². The fourth-order valence-electron chi connectivity index (χ4n) is 3.30. The molecule has 1 aromatic carbocycles. The van der Waals surface area contributed by atoms with E-state index in [1.807, 2.05) is 0 Å². The van der Waals surface area contributed by atoms with Gasteiger partial charge in [0, 0.05) is 10.5 Å². The van der Waals surface area contributed by atoms with Gasteiger partial charge in [-0.05, 0) is 31.4 Å². The van der Waals surface area contributed by atoms with Crippen LogP contribution in [0.2, 0.25) is 10.0 Å². The lowest BCUT2D eigenvalue weighted by molar-refractivity contribution is 0.0928. The fraction of sp³-hybridized carbons (Fsp3) is 0.429. The van der Waals surface area contributed by atoms with E-state index in [9.17, 15) is 4.79 Å². The van der Waals surface area contributed by atoms with Crippen LogP contribution in [0.5, 0.6) is 0 Å². The van der Waals surface area contributed by atoms with Crippen LogP contribution >= 0.6 is 39.1 Å². The van der Waals surface area contributed by atoms with Gasteiger partial charge in [0.1, 0.15) is 0 Å². The average molecular weight is 389 g/mol. The smallest absolute Gasteiger partial charge is 0.254 e. The first kappa shape index (κ1) is 15.0. The van der Waals surface area contributed by atoms with E-state index >= 15 is 0 Å². The maximum Gasteiger partial charge on any atom is 0.254 e. The van der Waals surface area contributed by atoms with Gasteiger partial charge in [-0.2, -0.15) is 5.26 Å². The van der Waals surface area contributed by atoms with Crippen LogP contribution < -0.4 is 5.32 Å². The summed E-state index contributed by atoms with van der Waals surface area (Å²) in [5.74, 6) is -0.284. The van der Waals surface area contributed by atoms with Gasteiger partial charge in [0.2, 0.25) is 0 Å². The van der Waals surface area contributed by atoms with Crippen LogP contribution in [0, 0.1) is 11.5 Å². The minimum absolute atomic E-state index is 0.0216. The third kappa shape index (κ3) is 2.61. The van der Waals surface area contributed by atoms with Gasteiger partial charge in [0.25, 0.3) is 5.91 Å². The van der Waals surface area contributed by atoms with Crippen molar-refractivity contribution in [1.82, 2.24) is 10.2 Å². The molecule has 110 valence electrons. The molecule has 7 heteroatoms. The van der Waals surface area contributed by atoms with Crippen LogP contribution in [0.4, 0.5) is 0 Å². The first-order chi connectivity index (χ1) is 10.0. The molecule has 0 unspecified atom stereocenters. The highest BCUT2D eigenvalue weighted by molar-refractivity contribution is 9.10. The minimum atomic E-state index is -0.284. The number of fused-ring (bicyclic) bond motifs is 2. The van der Waals surface area contributed by atoms with Crippen LogP contribution in [0.15, 0.2) is 16.6 Å². The third-order valence-electron chi connectivity index (χ3n) is 4.20. The first-order valence-corrected chi connectivity index (χ1v) is 8.19. The Morgan fingerprint density at radius 1 is 1.38 bits per heavy atom.